The smallest absolute Gasteiger partial charge is 0.280 e. The number of hydrogen-bond acceptors (Lipinski definition) is 7. The fourth-order valence-corrected chi connectivity index (χ4v) is 4.58. The van der Waals surface area contributed by atoms with E-state index >= 15 is 0 Å². The van der Waals surface area contributed by atoms with Crippen molar-refractivity contribution in [3.8, 4) is 11.3 Å². The average molecular weight is 408 g/mol. The molecule has 1 atom stereocenters. The van der Waals surface area contributed by atoms with Gasteiger partial charge in [-0.25, -0.2) is 8.42 Å². The van der Waals surface area contributed by atoms with Gasteiger partial charge in [-0.2, -0.15) is 5.10 Å². The van der Waals surface area contributed by atoms with Crippen LogP contribution in [0.1, 0.15) is 12.2 Å². The molecule has 11 heteroatoms. The highest BCUT2D eigenvalue weighted by Crippen LogP contribution is 2.30. The second-order valence-electron chi connectivity index (χ2n) is 5.92. The summed E-state index contributed by atoms with van der Waals surface area (Å²) < 4.78 is 28.4. The van der Waals surface area contributed by atoms with E-state index in [-0.39, 0.29) is 28.3 Å². The van der Waals surface area contributed by atoms with E-state index < -0.39 is 14.8 Å². The summed E-state index contributed by atoms with van der Waals surface area (Å²) in [5.41, 5.74) is 2.91. The molecule has 2 aromatic rings. The van der Waals surface area contributed by atoms with Crippen LogP contribution in [0.2, 0.25) is 0 Å². The molecule has 1 saturated heterocycles. The number of thiocarbonyl (C=S) groups is 1. The van der Waals surface area contributed by atoms with Gasteiger partial charge in [0.05, 0.1) is 28.2 Å². The Morgan fingerprint density at radius 1 is 1.33 bits per heavy atom. The molecular formula is C16H16N4O5S2. The number of benzene rings is 1. The molecule has 0 saturated carbocycles. The van der Waals surface area contributed by atoms with Crippen molar-refractivity contribution in [2.24, 2.45) is 5.10 Å². The fourth-order valence-electron chi connectivity index (χ4n) is 2.69. The monoisotopic (exact) mass is 408 g/mol. The summed E-state index contributed by atoms with van der Waals surface area (Å²) in [7, 11) is -2.99. The minimum Gasteiger partial charge on any atom is -0.455 e. The van der Waals surface area contributed by atoms with Crippen molar-refractivity contribution in [3.63, 3.8) is 0 Å². The molecule has 142 valence electrons. The van der Waals surface area contributed by atoms with Crippen molar-refractivity contribution >= 4 is 39.1 Å². The molecule has 1 aliphatic rings. The second-order valence-corrected chi connectivity index (χ2v) is 8.56. The Labute approximate surface area is 160 Å². The van der Waals surface area contributed by atoms with E-state index in [9.17, 15) is 18.5 Å². The van der Waals surface area contributed by atoms with Gasteiger partial charge in [-0.1, -0.05) is 12.1 Å². The van der Waals surface area contributed by atoms with Crippen molar-refractivity contribution < 1.29 is 17.8 Å². The first-order valence-electron chi connectivity index (χ1n) is 7.98. The molecule has 0 spiro atoms. The van der Waals surface area contributed by atoms with Gasteiger partial charge in [-0.3, -0.25) is 15.5 Å². The van der Waals surface area contributed by atoms with E-state index in [0.29, 0.717) is 23.5 Å². The summed E-state index contributed by atoms with van der Waals surface area (Å²) >= 11 is 5.07. The van der Waals surface area contributed by atoms with Crippen molar-refractivity contribution in [1.82, 2.24) is 10.7 Å². The predicted molar refractivity (Wildman–Crippen MR) is 104 cm³/mol. The first kappa shape index (κ1) is 19.0. The van der Waals surface area contributed by atoms with Gasteiger partial charge in [0.25, 0.3) is 5.69 Å². The van der Waals surface area contributed by atoms with Gasteiger partial charge in [0.2, 0.25) is 0 Å². The minimum absolute atomic E-state index is 0.0506. The van der Waals surface area contributed by atoms with Crippen LogP contribution >= 0.6 is 12.2 Å². The number of nitrogens with one attached hydrogen (secondary N) is 2. The Bertz CT molecular complexity index is 1000. The van der Waals surface area contributed by atoms with Gasteiger partial charge in [-0.05, 0) is 36.8 Å². The van der Waals surface area contributed by atoms with Gasteiger partial charge in [0.15, 0.2) is 14.9 Å². The van der Waals surface area contributed by atoms with Crippen LogP contribution in [0.4, 0.5) is 5.69 Å². The van der Waals surface area contributed by atoms with Gasteiger partial charge in [-0.15, -0.1) is 0 Å². The Balaban J connectivity index is 1.60. The summed E-state index contributed by atoms with van der Waals surface area (Å²) in [6.07, 6.45) is 1.88. The Morgan fingerprint density at radius 2 is 2.11 bits per heavy atom. The van der Waals surface area contributed by atoms with Crippen LogP contribution in [-0.2, 0) is 9.84 Å². The summed E-state index contributed by atoms with van der Waals surface area (Å²) in [4.78, 5) is 10.6. The van der Waals surface area contributed by atoms with E-state index in [1.165, 1.54) is 12.3 Å². The lowest BCUT2D eigenvalue weighted by molar-refractivity contribution is -0.384. The molecule has 0 radical (unpaired) electrons. The second kappa shape index (κ2) is 7.84. The van der Waals surface area contributed by atoms with E-state index in [1.54, 1.807) is 30.3 Å². The molecule has 9 nitrogen and oxygen atoms in total. The SMILES string of the molecule is O=[N+]([O-])c1ccccc1-c1ccc(/C=N/NC(=S)NC2CCS(=O)(=O)C2)o1. The van der Waals surface area contributed by atoms with Crippen LogP contribution in [-0.4, -0.2) is 42.2 Å². The molecule has 0 aliphatic carbocycles. The van der Waals surface area contributed by atoms with Gasteiger partial charge in [0.1, 0.15) is 11.5 Å². The van der Waals surface area contributed by atoms with Crippen LogP contribution in [0.3, 0.4) is 0 Å². The first-order chi connectivity index (χ1) is 12.8. The standard InChI is InChI=1S/C16H16N4O5S2/c21-20(22)14-4-2-1-3-13(14)15-6-5-12(25-15)9-17-19-16(26)18-11-7-8-27(23,24)10-11/h1-6,9,11H,7-8,10H2,(H2,18,19,26)/b17-9+. The molecule has 1 unspecified atom stereocenters. The zero-order chi connectivity index (χ0) is 19.4. The Morgan fingerprint density at radius 3 is 2.81 bits per heavy atom. The third-order valence-electron chi connectivity index (χ3n) is 3.92. The topological polar surface area (TPSA) is 127 Å². The third-order valence-corrected chi connectivity index (χ3v) is 5.90. The number of furan rings is 1. The van der Waals surface area contributed by atoms with E-state index in [4.69, 9.17) is 16.6 Å². The number of rotatable bonds is 5. The molecule has 2 heterocycles. The number of nitrogens with zero attached hydrogens (tertiary/aromatic N) is 2. The van der Waals surface area contributed by atoms with Crippen LogP contribution in [0.5, 0.6) is 0 Å². The van der Waals surface area contributed by atoms with Crippen molar-refractivity contribution in [1.29, 1.82) is 0 Å². The molecule has 1 aliphatic heterocycles. The summed E-state index contributed by atoms with van der Waals surface area (Å²) in [6.45, 7) is 0. The van der Waals surface area contributed by atoms with Gasteiger partial charge >= 0.3 is 0 Å². The quantitative estimate of drug-likeness (QED) is 0.332. The van der Waals surface area contributed by atoms with Crippen molar-refractivity contribution in [3.05, 3.63) is 52.3 Å². The molecule has 0 amide bonds. The number of sulfone groups is 1. The lowest BCUT2D eigenvalue weighted by Crippen LogP contribution is -2.40. The number of hydrogen-bond donors (Lipinski definition) is 2. The van der Waals surface area contributed by atoms with Gasteiger partial charge in [0, 0.05) is 12.1 Å². The minimum atomic E-state index is -2.99. The Kier molecular flexibility index (Phi) is 5.51. The molecule has 2 N–H and O–H groups in total. The van der Waals surface area contributed by atoms with E-state index in [1.807, 2.05) is 0 Å². The van der Waals surface area contributed by atoms with E-state index in [2.05, 4.69) is 15.8 Å². The fraction of sp³-hybridized carbons (Fsp3) is 0.250. The van der Waals surface area contributed by atoms with Crippen LogP contribution < -0.4 is 10.7 Å². The highest BCUT2D eigenvalue weighted by molar-refractivity contribution is 7.91. The zero-order valence-electron chi connectivity index (χ0n) is 14.0. The van der Waals surface area contributed by atoms with Gasteiger partial charge < -0.3 is 9.73 Å². The normalized spacial score (nSPS) is 18.4. The van der Waals surface area contributed by atoms with Crippen LogP contribution in [0.15, 0.2) is 45.9 Å². The molecule has 1 fully saturated rings. The molecule has 1 aromatic heterocycles. The maximum Gasteiger partial charge on any atom is 0.280 e. The maximum atomic E-state index is 11.4. The number of nitro groups is 1. The number of para-hydroxylation sites is 1. The Hall–Kier alpha value is -2.79. The molecule has 0 bridgehead atoms. The first-order valence-corrected chi connectivity index (χ1v) is 10.2. The molecule has 1 aromatic carbocycles. The van der Waals surface area contributed by atoms with Crippen LogP contribution in [0, 0.1) is 10.1 Å². The highest BCUT2D eigenvalue weighted by atomic mass is 32.2. The predicted octanol–water partition coefficient (Wildman–Crippen LogP) is 1.84. The largest absolute Gasteiger partial charge is 0.455 e. The number of nitro benzene ring substituents is 1. The zero-order valence-corrected chi connectivity index (χ0v) is 15.6. The number of hydrazone groups is 1. The summed E-state index contributed by atoms with van der Waals surface area (Å²) in [5, 5.41) is 18.1. The lowest BCUT2D eigenvalue weighted by atomic mass is 10.1. The highest BCUT2D eigenvalue weighted by Gasteiger charge is 2.28. The van der Waals surface area contributed by atoms with Crippen LogP contribution in [0.25, 0.3) is 11.3 Å². The van der Waals surface area contributed by atoms with E-state index in [0.717, 1.165) is 0 Å². The summed E-state index contributed by atoms with van der Waals surface area (Å²) in [5.74, 6) is 0.926. The lowest BCUT2D eigenvalue weighted by Gasteiger charge is -2.11. The maximum absolute atomic E-state index is 11.4. The van der Waals surface area contributed by atoms with Crippen molar-refractivity contribution in [2.45, 2.75) is 12.5 Å². The summed E-state index contributed by atoms with van der Waals surface area (Å²) in [6, 6.07) is 9.29. The molecule has 3 rings (SSSR count). The molecule has 27 heavy (non-hydrogen) atoms. The average Bonchev–Trinajstić information content (AvgIpc) is 3.21. The van der Waals surface area contributed by atoms with Crippen molar-refractivity contribution in [2.75, 3.05) is 11.5 Å². The molecular weight excluding hydrogens is 392 g/mol. The third kappa shape index (κ3) is 4.89.